The molecule has 2 unspecified atom stereocenters. The second-order valence-corrected chi connectivity index (χ2v) is 8.35. The van der Waals surface area contributed by atoms with Gasteiger partial charge in [0.05, 0.1) is 4.88 Å². The van der Waals surface area contributed by atoms with Gasteiger partial charge in [-0.15, -0.1) is 5.10 Å². The maximum atomic E-state index is 13.4. The van der Waals surface area contributed by atoms with Gasteiger partial charge in [0.15, 0.2) is 12.1 Å². The van der Waals surface area contributed by atoms with Gasteiger partial charge in [-0.2, -0.15) is 11.3 Å². The fraction of sp³-hybridized carbons (Fsp3) is 0.333. The van der Waals surface area contributed by atoms with Crippen LogP contribution in [-0.2, 0) is 4.74 Å². The van der Waals surface area contributed by atoms with Crippen LogP contribution in [0.2, 0.25) is 5.02 Å². The van der Waals surface area contributed by atoms with Gasteiger partial charge in [0.2, 0.25) is 0 Å². The Bertz CT molecular complexity index is 993. The number of nitrogens with zero attached hydrogens (tertiary/aromatic N) is 3. The molecule has 1 N–H and O–H groups in total. The van der Waals surface area contributed by atoms with Crippen LogP contribution in [0.15, 0.2) is 36.7 Å². The van der Waals surface area contributed by atoms with Gasteiger partial charge in [-0.1, -0.05) is 34.6 Å². The summed E-state index contributed by atoms with van der Waals surface area (Å²) in [6.45, 7) is -4.61. The first-order valence-corrected chi connectivity index (χ1v) is 10.3. The molecule has 0 spiro atoms. The summed E-state index contributed by atoms with van der Waals surface area (Å²) >= 11 is 6.41. The molecule has 3 heterocycles. The molecule has 154 valence electrons. The molecule has 0 saturated carbocycles. The number of aliphatic hydroxyl groups excluding tert-OH is 1. The van der Waals surface area contributed by atoms with Crippen molar-refractivity contribution in [2.75, 3.05) is 6.61 Å². The van der Waals surface area contributed by atoms with E-state index in [4.69, 9.17) is 16.3 Å². The topological polar surface area (TPSA) is 60.2 Å². The molecule has 4 rings (SSSR count). The van der Waals surface area contributed by atoms with Gasteiger partial charge in [0, 0.05) is 17.2 Å². The minimum Gasteiger partial charge on any atom is -0.444 e. The Morgan fingerprint density at radius 3 is 2.60 bits per heavy atom. The number of aromatic nitrogens is 3. The van der Waals surface area contributed by atoms with Crippen LogP contribution in [0.5, 0.6) is 0 Å². The number of rotatable bonds is 5. The minimum atomic E-state index is -5.22. The van der Waals surface area contributed by atoms with E-state index in [9.17, 15) is 18.1 Å². The summed E-state index contributed by atoms with van der Waals surface area (Å²) in [6.07, 6.45) is 2.65. The molecule has 30 heavy (non-hydrogen) atoms. The van der Waals surface area contributed by atoms with Crippen LogP contribution in [0.25, 0.3) is 10.7 Å². The van der Waals surface area contributed by atoms with Crippen LogP contribution in [-0.4, -0.2) is 33.5 Å². The van der Waals surface area contributed by atoms with Crippen molar-refractivity contribution in [3.63, 3.8) is 0 Å². The molecule has 1 saturated heterocycles. The van der Waals surface area contributed by atoms with E-state index in [2.05, 4.69) is 10.1 Å². The van der Waals surface area contributed by atoms with Crippen molar-refractivity contribution in [3.05, 3.63) is 52.8 Å². The summed E-state index contributed by atoms with van der Waals surface area (Å²) in [7, 11) is 0. The predicted octanol–water partition coefficient (Wildman–Crippen LogP) is 1.50. The van der Waals surface area contributed by atoms with E-state index in [1.54, 1.807) is 24.3 Å². The molecule has 0 bridgehead atoms. The number of halogens is 4. The van der Waals surface area contributed by atoms with E-state index in [0.29, 0.717) is 28.5 Å². The average molecular weight is 482 g/mol. The molecule has 2 atom stereocenters. The zero-order valence-electron chi connectivity index (χ0n) is 16.1. The first-order valence-electron chi connectivity index (χ1n) is 9.13. The van der Waals surface area contributed by atoms with Crippen molar-refractivity contribution in [1.82, 2.24) is 14.8 Å². The third-order valence-electron chi connectivity index (χ3n) is 4.75. The number of benzene rings is 1. The molecule has 12 heteroatoms. The molecular formula is C18H17BClF3KN3O2S. The van der Waals surface area contributed by atoms with E-state index in [0.717, 1.165) is 25.3 Å². The second-order valence-electron chi connectivity index (χ2n) is 6.83. The third-order valence-corrected chi connectivity index (χ3v) is 6.24. The van der Waals surface area contributed by atoms with Gasteiger partial charge in [-0.25, -0.2) is 9.67 Å². The Labute approximate surface area is 223 Å². The summed E-state index contributed by atoms with van der Waals surface area (Å²) in [5, 5.41) is 15.6. The molecule has 1 aliphatic rings. The molecule has 3 aromatic rings. The number of thiophene rings is 1. The first-order chi connectivity index (χ1) is 13.8. The molecule has 5 nitrogen and oxygen atoms in total. The Morgan fingerprint density at radius 1 is 1.23 bits per heavy atom. The van der Waals surface area contributed by atoms with Crippen LogP contribution in [0.4, 0.5) is 12.9 Å². The van der Waals surface area contributed by atoms with E-state index in [1.807, 2.05) is 0 Å². The van der Waals surface area contributed by atoms with Gasteiger partial charge in [-0.3, -0.25) is 0 Å². The number of ether oxygens (including phenoxy) is 1. The molecule has 1 fully saturated rings. The molecular weight excluding hydrogens is 465 g/mol. The van der Waals surface area contributed by atoms with Crippen molar-refractivity contribution in [2.45, 2.75) is 31.6 Å². The van der Waals surface area contributed by atoms with E-state index in [1.165, 1.54) is 11.0 Å². The summed E-state index contributed by atoms with van der Waals surface area (Å²) in [6, 6.07) is 7.29. The second kappa shape index (κ2) is 10.1. The monoisotopic (exact) mass is 481 g/mol. The molecule has 2 aromatic heterocycles. The smallest absolute Gasteiger partial charge is 0.444 e. The van der Waals surface area contributed by atoms with Crippen molar-refractivity contribution in [1.29, 1.82) is 0 Å². The van der Waals surface area contributed by atoms with Crippen molar-refractivity contribution in [2.24, 2.45) is 0 Å². The largest absolute Gasteiger partial charge is 1.00 e. The fourth-order valence-corrected chi connectivity index (χ4v) is 4.39. The van der Waals surface area contributed by atoms with Crippen molar-refractivity contribution < 1.29 is 74.2 Å². The quantitative estimate of drug-likeness (QED) is 0.561. The minimum absolute atomic E-state index is 0. The normalized spacial score (nSPS) is 18.1. The van der Waals surface area contributed by atoms with Crippen molar-refractivity contribution in [3.8, 4) is 10.7 Å². The summed E-state index contributed by atoms with van der Waals surface area (Å²) in [4.78, 5) is 4.39. The van der Waals surface area contributed by atoms with E-state index in [-0.39, 0.29) is 73.9 Å². The summed E-state index contributed by atoms with van der Waals surface area (Å²) in [5.41, 5.74) is 0.554. The van der Waals surface area contributed by atoms with Crippen molar-refractivity contribution >= 4 is 34.7 Å². The molecule has 0 aliphatic carbocycles. The Hall–Kier alpha value is -0.239. The number of hydrogen-bond acceptors (Lipinski definition) is 5. The van der Waals surface area contributed by atoms with Crippen LogP contribution in [0, 0.1) is 0 Å². The Balaban J connectivity index is 0.00000256. The molecule has 1 aromatic carbocycles. The van der Waals surface area contributed by atoms with Crippen LogP contribution >= 0.6 is 22.9 Å². The standard InChI is InChI=1S/C18H17BClF3N3O2S.K/c20-12-6-4-11(5-7-12)16(27)13-9-14(19(21,22)23)29-17(13)18-24-10-26(25-18)15-3-1-2-8-28-15;/h4-7,9-10,15-16,27H,1-3,8H2;/q-1;+1. The van der Waals surface area contributed by atoms with Gasteiger partial charge < -0.3 is 22.8 Å². The third kappa shape index (κ3) is 5.39. The molecule has 0 radical (unpaired) electrons. The van der Waals surface area contributed by atoms with Crippen LogP contribution in [0.3, 0.4) is 0 Å². The number of aliphatic hydroxyl groups is 1. The Kier molecular flexibility index (Phi) is 8.25. The van der Waals surface area contributed by atoms with Gasteiger partial charge in [0.1, 0.15) is 12.4 Å². The molecule has 0 amide bonds. The fourth-order valence-electron chi connectivity index (χ4n) is 3.24. The van der Waals surface area contributed by atoms with E-state index < -0.39 is 17.9 Å². The average Bonchev–Trinajstić information content (AvgIpc) is 3.36. The maximum Gasteiger partial charge on any atom is 1.00 e. The first kappa shape index (κ1) is 24.4. The van der Waals surface area contributed by atoms with Crippen LogP contribution in [0.1, 0.15) is 42.7 Å². The number of hydrogen-bond donors (Lipinski definition) is 1. The van der Waals surface area contributed by atoms with Crippen LogP contribution < -0.4 is 56.2 Å². The maximum absolute atomic E-state index is 13.4. The summed E-state index contributed by atoms with van der Waals surface area (Å²) in [5.74, 6) is 0.137. The van der Waals surface area contributed by atoms with Gasteiger partial charge >= 0.3 is 58.4 Å². The van der Waals surface area contributed by atoms with E-state index >= 15 is 0 Å². The molecule has 1 aliphatic heterocycles. The summed E-state index contributed by atoms with van der Waals surface area (Å²) < 4.78 is 46.7. The SMILES string of the molecule is OC(c1ccc(Cl)cc1)c1cc([B-](F)(F)F)sc1-c1ncn(C2CCCCO2)n1.[K+]. The zero-order valence-corrected chi connectivity index (χ0v) is 20.8. The van der Waals surface area contributed by atoms with Gasteiger partial charge in [0.25, 0.3) is 0 Å². The van der Waals surface area contributed by atoms with Gasteiger partial charge in [-0.05, 0) is 37.0 Å². The Morgan fingerprint density at radius 2 is 1.97 bits per heavy atom. The predicted molar refractivity (Wildman–Crippen MR) is 106 cm³/mol. The zero-order chi connectivity index (χ0) is 20.6.